The predicted molar refractivity (Wildman–Crippen MR) is 134 cm³/mol. The smallest absolute Gasteiger partial charge is 0.269 e. The molecule has 3 N–H and O–H groups in total. The number of aryl methyl sites for hydroxylation is 1. The van der Waals surface area contributed by atoms with E-state index in [2.05, 4.69) is 18.3 Å². The van der Waals surface area contributed by atoms with Crippen LogP contribution in [0, 0.1) is 12.7 Å². The fourth-order valence-electron chi connectivity index (χ4n) is 3.54. The lowest BCUT2D eigenvalue weighted by molar-refractivity contribution is 0.0948. The van der Waals surface area contributed by atoms with Gasteiger partial charge in [0.25, 0.3) is 11.8 Å². The number of aromatic nitrogens is 2. The van der Waals surface area contributed by atoms with Crippen LogP contribution in [-0.4, -0.2) is 43.5 Å². The van der Waals surface area contributed by atoms with E-state index in [1.54, 1.807) is 17.7 Å². The zero-order chi connectivity index (χ0) is 25.6. The molecule has 0 aliphatic heterocycles. The molecule has 7 nitrogen and oxygen atoms in total. The molecule has 0 saturated carbocycles. The number of benzene rings is 2. The van der Waals surface area contributed by atoms with E-state index in [-0.39, 0.29) is 18.4 Å². The lowest BCUT2D eigenvalue weighted by atomic mass is 10.1. The molecular formula is C25H31BFN5O2. The minimum absolute atomic E-state index is 0.104. The summed E-state index contributed by atoms with van der Waals surface area (Å²) in [6, 6.07) is 11.4. The number of rotatable bonds is 7. The molecule has 178 valence electrons. The van der Waals surface area contributed by atoms with Crippen LogP contribution in [0.1, 0.15) is 57.4 Å². The first-order valence-corrected chi connectivity index (χ1v) is 10.9. The molecule has 1 heterocycles. The van der Waals surface area contributed by atoms with Crippen molar-refractivity contribution < 1.29 is 14.0 Å². The van der Waals surface area contributed by atoms with Gasteiger partial charge in [0.2, 0.25) is 0 Å². The van der Waals surface area contributed by atoms with Gasteiger partial charge in [0.1, 0.15) is 5.82 Å². The van der Waals surface area contributed by atoms with Crippen molar-refractivity contribution in [2.45, 2.75) is 40.1 Å². The van der Waals surface area contributed by atoms with Gasteiger partial charge in [0.15, 0.2) is 5.69 Å². The Morgan fingerprint density at radius 1 is 1.15 bits per heavy atom. The Kier molecular flexibility index (Phi) is 9.00. The van der Waals surface area contributed by atoms with Crippen LogP contribution in [0.5, 0.6) is 0 Å². The van der Waals surface area contributed by atoms with Gasteiger partial charge in [-0.3, -0.25) is 9.59 Å². The van der Waals surface area contributed by atoms with Crippen molar-refractivity contribution in [2.75, 3.05) is 19.0 Å². The molecule has 0 spiro atoms. The summed E-state index contributed by atoms with van der Waals surface area (Å²) in [5.41, 5.74) is 10.0. The first kappa shape index (κ1) is 26.6. The maximum absolute atomic E-state index is 13.5. The number of anilines is 1. The number of nitrogens with zero attached hydrogens (tertiary/aromatic N) is 3. The zero-order valence-corrected chi connectivity index (χ0v) is 20.5. The van der Waals surface area contributed by atoms with Crippen LogP contribution in [0.25, 0.3) is 5.69 Å². The molecule has 0 fully saturated rings. The number of carbonyl (C=O) groups excluding carboxylic acids is 2. The molecule has 34 heavy (non-hydrogen) atoms. The van der Waals surface area contributed by atoms with Gasteiger partial charge in [0, 0.05) is 26.2 Å². The fraction of sp³-hybridized carbons (Fsp3) is 0.320. The highest BCUT2D eigenvalue weighted by molar-refractivity contribution is 6.05. The number of amides is 2. The molecule has 0 saturated heterocycles. The predicted octanol–water partition coefficient (Wildman–Crippen LogP) is 3.74. The topological polar surface area (TPSA) is 93.2 Å². The standard InChI is InChI=1S/C24H28FN5O2.CH3B/c1-14(2)20-21(29(4)5)22(23(26)31)30(28-20)18-10-7-16(8-11-18)13-27-24(32)19-12-17(25)9-6-15(19)3;1-2/h6-12,14H,13H2,1-5H3,(H2,26,31)(H,27,32);1H3. The third kappa shape index (κ3) is 5.84. The monoisotopic (exact) mass is 463 g/mol. The maximum Gasteiger partial charge on any atom is 0.269 e. The quantitative estimate of drug-likeness (QED) is 0.522. The van der Waals surface area contributed by atoms with Crippen LogP contribution < -0.4 is 16.0 Å². The largest absolute Gasteiger partial charge is 0.374 e. The molecule has 0 aliphatic rings. The Bertz CT molecular complexity index is 1160. The van der Waals surface area contributed by atoms with Gasteiger partial charge in [-0.1, -0.05) is 38.9 Å². The van der Waals surface area contributed by atoms with Gasteiger partial charge < -0.3 is 16.0 Å². The molecular weight excluding hydrogens is 432 g/mol. The molecule has 2 aromatic carbocycles. The second kappa shape index (κ2) is 11.5. The van der Waals surface area contributed by atoms with E-state index in [0.29, 0.717) is 28.2 Å². The molecule has 2 radical (unpaired) electrons. The Labute approximate surface area is 201 Å². The van der Waals surface area contributed by atoms with Gasteiger partial charge in [-0.2, -0.15) is 5.10 Å². The van der Waals surface area contributed by atoms with Crippen LogP contribution in [0.2, 0.25) is 6.82 Å². The summed E-state index contributed by atoms with van der Waals surface area (Å²) in [6.45, 7) is 7.56. The van der Waals surface area contributed by atoms with E-state index in [9.17, 15) is 14.0 Å². The average molecular weight is 463 g/mol. The van der Waals surface area contributed by atoms with Crippen LogP contribution in [0.15, 0.2) is 42.5 Å². The lowest BCUT2D eigenvalue weighted by Gasteiger charge is -2.15. The highest BCUT2D eigenvalue weighted by Crippen LogP contribution is 2.31. The first-order valence-electron chi connectivity index (χ1n) is 10.9. The second-order valence-electron chi connectivity index (χ2n) is 8.22. The van der Waals surface area contributed by atoms with Crippen molar-refractivity contribution in [1.29, 1.82) is 0 Å². The molecule has 9 heteroatoms. The summed E-state index contributed by atoms with van der Waals surface area (Å²) in [5.74, 6) is -1.25. The molecule has 2 amide bonds. The third-order valence-corrected chi connectivity index (χ3v) is 5.19. The zero-order valence-electron chi connectivity index (χ0n) is 20.5. The van der Waals surface area contributed by atoms with Crippen LogP contribution in [0.3, 0.4) is 0 Å². The molecule has 3 rings (SSSR count). The number of nitrogens with one attached hydrogen (secondary N) is 1. The molecule has 0 aliphatic carbocycles. The minimum atomic E-state index is -0.560. The summed E-state index contributed by atoms with van der Waals surface area (Å²) >= 11 is 0. The van der Waals surface area contributed by atoms with Crippen molar-refractivity contribution in [3.05, 3.63) is 76.4 Å². The lowest BCUT2D eigenvalue weighted by Crippen LogP contribution is -2.24. The number of hydrogen-bond acceptors (Lipinski definition) is 4. The van der Waals surface area contributed by atoms with Gasteiger partial charge in [-0.25, -0.2) is 9.07 Å². The fourth-order valence-corrected chi connectivity index (χ4v) is 3.54. The molecule has 3 aromatic rings. The van der Waals surface area contributed by atoms with Crippen molar-refractivity contribution in [3.63, 3.8) is 0 Å². The highest BCUT2D eigenvalue weighted by Gasteiger charge is 2.25. The highest BCUT2D eigenvalue weighted by atomic mass is 19.1. The third-order valence-electron chi connectivity index (χ3n) is 5.19. The van der Waals surface area contributed by atoms with Crippen molar-refractivity contribution in [1.82, 2.24) is 15.1 Å². The number of primary amides is 1. The Morgan fingerprint density at radius 2 is 1.76 bits per heavy atom. The maximum atomic E-state index is 13.5. The molecule has 1 aromatic heterocycles. The summed E-state index contributed by atoms with van der Waals surface area (Å²) in [4.78, 5) is 26.5. The van der Waals surface area contributed by atoms with E-state index in [1.807, 2.05) is 57.1 Å². The first-order chi connectivity index (χ1) is 16.1. The van der Waals surface area contributed by atoms with Crippen LogP contribution in [0.4, 0.5) is 10.1 Å². The SMILES string of the molecule is Cc1ccc(F)cc1C(=O)NCc1ccc(-n2nc(C(C)C)c(N(C)C)c2C(N)=O)cc1.[B]C. The summed E-state index contributed by atoms with van der Waals surface area (Å²) in [6.07, 6.45) is 0. The van der Waals surface area contributed by atoms with E-state index in [4.69, 9.17) is 5.73 Å². The summed E-state index contributed by atoms with van der Waals surface area (Å²) < 4.78 is 15.0. The van der Waals surface area contributed by atoms with E-state index >= 15 is 0 Å². The number of halogens is 1. The molecule has 0 unspecified atom stereocenters. The van der Waals surface area contributed by atoms with Gasteiger partial charge in [-0.15, -0.1) is 0 Å². The van der Waals surface area contributed by atoms with Crippen molar-refractivity contribution >= 4 is 25.3 Å². The Hall–Kier alpha value is -3.62. The average Bonchev–Trinajstić information content (AvgIpc) is 3.22. The number of carbonyl (C=O) groups is 2. The van der Waals surface area contributed by atoms with E-state index < -0.39 is 11.7 Å². The van der Waals surface area contributed by atoms with E-state index in [0.717, 1.165) is 11.3 Å². The minimum Gasteiger partial charge on any atom is -0.374 e. The van der Waals surface area contributed by atoms with Gasteiger partial charge in [0.05, 0.1) is 24.9 Å². The van der Waals surface area contributed by atoms with Crippen molar-refractivity contribution in [2.24, 2.45) is 5.73 Å². The van der Waals surface area contributed by atoms with Crippen LogP contribution in [-0.2, 0) is 6.54 Å². The normalized spacial score (nSPS) is 10.5. The Morgan fingerprint density at radius 3 is 2.29 bits per heavy atom. The van der Waals surface area contributed by atoms with Gasteiger partial charge in [-0.05, 0) is 48.2 Å². The van der Waals surface area contributed by atoms with Crippen molar-refractivity contribution in [3.8, 4) is 5.69 Å². The summed E-state index contributed by atoms with van der Waals surface area (Å²) in [7, 11) is 8.21. The number of hydrogen-bond donors (Lipinski definition) is 2. The summed E-state index contributed by atoms with van der Waals surface area (Å²) in [5, 5.41) is 7.46. The second-order valence-corrected chi connectivity index (χ2v) is 8.22. The number of nitrogens with two attached hydrogens (primary N) is 1. The molecule has 0 bridgehead atoms. The van der Waals surface area contributed by atoms with Gasteiger partial charge >= 0.3 is 0 Å². The van der Waals surface area contributed by atoms with E-state index in [1.165, 1.54) is 19.0 Å². The molecule has 0 atom stereocenters. The Balaban J connectivity index is 0.00000199. The van der Waals surface area contributed by atoms with Crippen LogP contribution >= 0.6 is 0 Å².